The standard InChI is InChI=1S/C67H127NO8/c1-3-5-7-9-11-13-15-17-19-21-23-24-25-26-27-28-29-30-31-32-33-34-35-36-37-38-39-41-43-45-47-49-51-53-55-57-63(71)68-60(59-75-67-66(74)65(73)64(72)62(58-69)76-67)61(70)56-54-52-50-48-46-44-42-40-22-20-18-16-14-12-10-8-6-4-2/h25-26,28-29,54,56,60-62,64-67,69-70,72-74H,3-24,27,30-53,55,57-59H2,1-2H3,(H,68,71)/b26-25-,29-28-,56-54+. The largest absolute Gasteiger partial charge is 0.394 e. The van der Waals surface area contributed by atoms with Gasteiger partial charge in [0.1, 0.15) is 24.4 Å². The molecule has 0 spiro atoms. The third-order valence-electron chi connectivity index (χ3n) is 16.0. The van der Waals surface area contributed by atoms with Crippen LogP contribution < -0.4 is 5.32 Å². The fourth-order valence-electron chi connectivity index (χ4n) is 10.7. The molecule has 9 nitrogen and oxygen atoms in total. The molecule has 7 atom stereocenters. The van der Waals surface area contributed by atoms with Gasteiger partial charge in [-0.25, -0.2) is 0 Å². The van der Waals surface area contributed by atoms with Gasteiger partial charge in [0.15, 0.2) is 6.29 Å². The van der Waals surface area contributed by atoms with E-state index >= 15 is 0 Å². The number of aliphatic hydroxyl groups is 5. The van der Waals surface area contributed by atoms with Crippen LogP contribution >= 0.6 is 0 Å². The zero-order chi connectivity index (χ0) is 55.0. The van der Waals surface area contributed by atoms with Crippen molar-refractivity contribution in [3.63, 3.8) is 0 Å². The summed E-state index contributed by atoms with van der Waals surface area (Å²) in [7, 11) is 0. The van der Waals surface area contributed by atoms with Crippen LogP contribution in [0.3, 0.4) is 0 Å². The van der Waals surface area contributed by atoms with E-state index in [9.17, 15) is 30.3 Å². The lowest BCUT2D eigenvalue weighted by Crippen LogP contribution is -2.60. The maximum Gasteiger partial charge on any atom is 0.220 e. The number of allylic oxidation sites excluding steroid dienone is 5. The zero-order valence-corrected chi connectivity index (χ0v) is 50.0. The van der Waals surface area contributed by atoms with Crippen LogP contribution in [0.2, 0.25) is 0 Å². The maximum absolute atomic E-state index is 13.1. The highest BCUT2D eigenvalue weighted by atomic mass is 16.7. The molecule has 1 amide bonds. The smallest absolute Gasteiger partial charge is 0.220 e. The van der Waals surface area contributed by atoms with Crippen LogP contribution in [-0.2, 0) is 14.3 Å². The number of amides is 1. The molecule has 1 aliphatic heterocycles. The SMILES string of the molecule is CCCCCCCCCCCCC/C=C\C/C=C\CCCCCCCCCCCCCCCCCCCC(=O)NC(COC1OC(CO)C(O)C(O)C1O)C(O)/C=C/CCCCCCCCCCCCCCCCCC. The summed E-state index contributed by atoms with van der Waals surface area (Å²) >= 11 is 0. The van der Waals surface area contributed by atoms with Crippen LogP contribution in [0, 0.1) is 0 Å². The first kappa shape index (κ1) is 72.4. The summed E-state index contributed by atoms with van der Waals surface area (Å²) in [6, 6.07) is -0.804. The quantitative estimate of drug-likeness (QED) is 0.0261. The van der Waals surface area contributed by atoms with E-state index in [0.29, 0.717) is 6.42 Å². The van der Waals surface area contributed by atoms with Gasteiger partial charge in [-0.3, -0.25) is 4.79 Å². The van der Waals surface area contributed by atoms with Gasteiger partial charge in [-0.2, -0.15) is 0 Å². The number of ether oxygens (including phenoxy) is 2. The third kappa shape index (κ3) is 45.2. The Morgan fingerprint density at radius 3 is 1.13 bits per heavy atom. The highest BCUT2D eigenvalue weighted by Gasteiger charge is 2.44. The zero-order valence-electron chi connectivity index (χ0n) is 50.0. The molecule has 0 saturated carbocycles. The first-order chi connectivity index (χ1) is 37.3. The van der Waals surface area contributed by atoms with Crippen LogP contribution in [0.4, 0.5) is 0 Å². The second-order valence-corrected chi connectivity index (χ2v) is 23.3. The van der Waals surface area contributed by atoms with Gasteiger partial charge in [-0.05, 0) is 51.4 Å². The van der Waals surface area contributed by atoms with E-state index in [1.807, 2.05) is 6.08 Å². The Labute approximate surface area is 470 Å². The maximum atomic E-state index is 13.1. The molecule has 1 aliphatic rings. The molecule has 7 unspecified atom stereocenters. The van der Waals surface area contributed by atoms with Crippen LogP contribution in [0.15, 0.2) is 36.5 Å². The van der Waals surface area contributed by atoms with Crippen molar-refractivity contribution in [1.82, 2.24) is 5.32 Å². The number of aliphatic hydroxyl groups excluding tert-OH is 5. The van der Waals surface area contributed by atoms with Crippen molar-refractivity contribution in [2.45, 2.75) is 371 Å². The van der Waals surface area contributed by atoms with E-state index in [2.05, 4.69) is 43.5 Å². The first-order valence-corrected chi connectivity index (χ1v) is 33.2. The van der Waals surface area contributed by atoms with Gasteiger partial charge in [0.2, 0.25) is 5.91 Å². The molecule has 0 bridgehead atoms. The van der Waals surface area contributed by atoms with Gasteiger partial charge in [0.25, 0.3) is 0 Å². The lowest BCUT2D eigenvalue weighted by Gasteiger charge is -2.40. The minimum absolute atomic E-state index is 0.172. The molecule has 6 N–H and O–H groups in total. The summed E-state index contributed by atoms with van der Waals surface area (Å²) in [6.07, 6.45) is 68.1. The van der Waals surface area contributed by atoms with Gasteiger partial charge in [0.05, 0.1) is 25.4 Å². The van der Waals surface area contributed by atoms with Gasteiger partial charge in [-0.1, -0.05) is 307 Å². The number of hydrogen-bond donors (Lipinski definition) is 6. The molecule has 1 fully saturated rings. The minimum Gasteiger partial charge on any atom is -0.394 e. The van der Waals surface area contributed by atoms with Crippen LogP contribution in [0.25, 0.3) is 0 Å². The molecule has 0 aromatic rings. The molecule has 448 valence electrons. The summed E-state index contributed by atoms with van der Waals surface area (Å²) in [5, 5.41) is 54.6. The van der Waals surface area contributed by atoms with Crippen molar-refractivity contribution in [1.29, 1.82) is 0 Å². The Hall–Kier alpha value is -1.59. The number of carbonyl (C=O) groups excluding carboxylic acids is 1. The number of rotatable bonds is 58. The summed E-state index contributed by atoms with van der Waals surface area (Å²) in [5.74, 6) is -0.172. The summed E-state index contributed by atoms with van der Waals surface area (Å²) in [5.41, 5.74) is 0. The van der Waals surface area contributed by atoms with E-state index in [1.54, 1.807) is 6.08 Å². The van der Waals surface area contributed by atoms with Crippen molar-refractivity contribution in [2.24, 2.45) is 0 Å². The van der Waals surface area contributed by atoms with Crippen LogP contribution in [0.1, 0.15) is 328 Å². The number of unbranched alkanes of at least 4 members (excludes halogenated alkanes) is 44. The second-order valence-electron chi connectivity index (χ2n) is 23.3. The lowest BCUT2D eigenvalue weighted by atomic mass is 9.99. The molecule has 76 heavy (non-hydrogen) atoms. The van der Waals surface area contributed by atoms with Crippen molar-refractivity contribution in [3.8, 4) is 0 Å². The van der Waals surface area contributed by atoms with Gasteiger partial charge >= 0.3 is 0 Å². The van der Waals surface area contributed by atoms with E-state index in [1.165, 1.54) is 263 Å². The third-order valence-corrected chi connectivity index (χ3v) is 16.0. The highest BCUT2D eigenvalue weighted by molar-refractivity contribution is 5.76. The molecule has 9 heteroatoms. The van der Waals surface area contributed by atoms with Gasteiger partial charge in [-0.15, -0.1) is 0 Å². The summed E-state index contributed by atoms with van der Waals surface area (Å²) in [4.78, 5) is 13.1. The minimum atomic E-state index is -1.57. The van der Waals surface area contributed by atoms with E-state index in [4.69, 9.17) is 9.47 Å². The molecule has 0 aliphatic carbocycles. The van der Waals surface area contributed by atoms with E-state index in [-0.39, 0.29) is 12.5 Å². The van der Waals surface area contributed by atoms with E-state index < -0.39 is 49.5 Å². The molecule has 1 saturated heterocycles. The van der Waals surface area contributed by atoms with Crippen LogP contribution in [-0.4, -0.2) is 87.5 Å². The number of nitrogens with one attached hydrogen (secondary N) is 1. The Morgan fingerprint density at radius 1 is 0.447 bits per heavy atom. The number of hydrogen-bond acceptors (Lipinski definition) is 8. The molecule has 1 heterocycles. The second kappa shape index (κ2) is 56.7. The molecule has 1 rings (SSSR count). The van der Waals surface area contributed by atoms with Crippen molar-refractivity contribution in [3.05, 3.63) is 36.5 Å². The Balaban J connectivity index is 2.10. The summed E-state index contributed by atoms with van der Waals surface area (Å²) < 4.78 is 11.3. The Kier molecular flexibility index (Phi) is 54.0. The van der Waals surface area contributed by atoms with Crippen molar-refractivity contribution >= 4 is 5.91 Å². The van der Waals surface area contributed by atoms with E-state index in [0.717, 1.165) is 44.9 Å². The average molecular weight is 1070 g/mol. The summed E-state index contributed by atoms with van der Waals surface area (Å²) in [6.45, 7) is 3.82. The Morgan fingerprint density at radius 2 is 0.776 bits per heavy atom. The molecular weight excluding hydrogens is 947 g/mol. The van der Waals surface area contributed by atoms with Crippen molar-refractivity contribution < 1.29 is 39.8 Å². The van der Waals surface area contributed by atoms with Crippen molar-refractivity contribution in [2.75, 3.05) is 13.2 Å². The number of carbonyl (C=O) groups is 1. The normalized spacial score (nSPS) is 19.0. The molecule has 0 aromatic heterocycles. The monoisotopic (exact) mass is 1070 g/mol. The predicted molar refractivity (Wildman–Crippen MR) is 323 cm³/mol. The predicted octanol–water partition coefficient (Wildman–Crippen LogP) is 17.5. The topological polar surface area (TPSA) is 149 Å². The highest BCUT2D eigenvalue weighted by Crippen LogP contribution is 2.23. The average Bonchev–Trinajstić information content (AvgIpc) is 3.42. The molecule has 0 radical (unpaired) electrons. The van der Waals surface area contributed by atoms with Gasteiger partial charge in [0, 0.05) is 6.42 Å². The Bertz CT molecular complexity index is 1290. The molecule has 0 aromatic carbocycles. The fourth-order valence-corrected chi connectivity index (χ4v) is 10.7. The first-order valence-electron chi connectivity index (χ1n) is 33.2. The lowest BCUT2D eigenvalue weighted by molar-refractivity contribution is -0.302. The van der Waals surface area contributed by atoms with Crippen LogP contribution in [0.5, 0.6) is 0 Å². The van der Waals surface area contributed by atoms with Gasteiger partial charge < -0.3 is 40.3 Å². The molecular formula is C67H127NO8. The fraction of sp³-hybridized carbons (Fsp3) is 0.896.